The Morgan fingerprint density at radius 3 is 2.40 bits per heavy atom. The van der Waals surface area contributed by atoms with Crippen LogP contribution >= 0.6 is 0 Å². The van der Waals surface area contributed by atoms with E-state index >= 15 is 0 Å². The molecule has 90 valence electrons. The molecule has 1 heterocycles. The summed E-state index contributed by atoms with van der Waals surface area (Å²) in [4.78, 5) is 0. The maximum atomic E-state index is 11.7. The Bertz CT molecular complexity index is 268. The van der Waals surface area contributed by atoms with Crippen LogP contribution in [0.5, 0.6) is 0 Å². The van der Waals surface area contributed by atoms with Crippen molar-refractivity contribution in [3.8, 4) is 0 Å². The Hall–Kier alpha value is -0.130. The van der Waals surface area contributed by atoms with Crippen LogP contribution in [0.25, 0.3) is 0 Å². The van der Waals surface area contributed by atoms with Crippen LogP contribution in [0.4, 0.5) is 0 Å². The lowest BCUT2D eigenvalue weighted by Gasteiger charge is -2.30. The molecule has 0 amide bonds. The summed E-state index contributed by atoms with van der Waals surface area (Å²) in [6.07, 6.45) is 2.55. The summed E-state index contributed by atoms with van der Waals surface area (Å²) in [7, 11) is -1.28. The van der Waals surface area contributed by atoms with Gasteiger partial charge in [-0.2, -0.15) is 0 Å². The average Bonchev–Trinajstić information content (AvgIpc) is 2.19. The van der Waals surface area contributed by atoms with Gasteiger partial charge in [-0.05, 0) is 25.2 Å². The van der Waals surface area contributed by atoms with Gasteiger partial charge in [-0.25, -0.2) is 12.7 Å². The lowest BCUT2D eigenvalue weighted by Crippen LogP contribution is -2.40. The highest BCUT2D eigenvalue weighted by Crippen LogP contribution is 2.20. The molecule has 1 fully saturated rings. The summed E-state index contributed by atoms with van der Waals surface area (Å²) in [6.45, 7) is 3.98. The molecule has 0 radical (unpaired) electrons. The topological polar surface area (TPSA) is 46.6 Å². The third-order valence-electron chi connectivity index (χ3n) is 2.83. The Kier molecular flexibility index (Phi) is 5.02. The third kappa shape index (κ3) is 3.74. The van der Waals surface area contributed by atoms with Gasteiger partial charge in [-0.15, -0.1) is 0 Å². The van der Waals surface area contributed by atoms with Crippen molar-refractivity contribution in [3.05, 3.63) is 0 Å². The molecule has 0 spiro atoms. The largest absolute Gasteiger partial charge is 0.384 e. The molecule has 0 N–H and O–H groups in total. The average molecular weight is 235 g/mol. The second kappa shape index (κ2) is 5.82. The number of hydrogen-bond acceptors (Lipinski definition) is 3. The first-order chi connectivity index (χ1) is 7.10. The molecular weight excluding hydrogens is 214 g/mol. The lowest BCUT2D eigenvalue weighted by molar-refractivity contribution is 0.121. The molecule has 4 nitrogen and oxygen atoms in total. The van der Waals surface area contributed by atoms with Crippen LogP contribution in [-0.4, -0.2) is 45.3 Å². The molecule has 5 heteroatoms. The molecule has 0 aliphatic carbocycles. The van der Waals surface area contributed by atoms with E-state index in [4.69, 9.17) is 4.74 Å². The predicted molar refractivity (Wildman–Crippen MR) is 60.3 cm³/mol. The smallest absolute Gasteiger partial charge is 0.214 e. The molecule has 1 saturated heterocycles. The van der Waals surface area contributed by atoms with Gasteiger partial charge in [0.2, 0.25) is 10.0 Å². The monoisotopic (exact) mass is 235 g/mol. The molecule has 0 aromatic carbocycles. The van der Waals surface area contributed by atoms with Crippen molar-refractivity contribution < 1.29 is 13.2 Å². The summed E-state index contributed by atoms with van der Waals surface area (Å²) in [5.41, 5.74) is 0. The summed E-state index contributed by atoms with van der Waals surface area (Å²) >= 11 is 0. The van der Waals surface area contributed by atoms with Gasteiger partial charge in [0.05, 0.1) is 5.75 Å². The number of piperidine rings is 1. The Morgan fingerprint density at radius 1 is 1.33 bits per heavy atom. The number of ether oxygens (including phenoxy) is 1. The SMILES string of the molecule is CCCS(=O)(=O)N1CCC(COC)CC1. The normalized spacial score (nSPS) is 20.7. The number of methoxy groups -OCH3 is 1. The van der Waals surface area contributed by atoms with E-state index in [-0.39, 0.29) is 5.75 Å². The van der Waals surface area contributed by atoms with Gasteiger partial charge in [0.1, 0.15) is 0 Å². The van der Waals surface area contributed by atoms with E-state index < -0.39 is 10.0 Å². The summed E-state index contributed by atoms with van der Waals surface area (Å²) < 4.78 is 30.2. The number of nitrogens with zero attached hydrogens (tertiary/aromatic N) is 1. The lowest BCUT2D eigenvalue weighted by atomic mass is 9.99. The van der Waals surface area contributed by atoms with Crippen LogP contribution in [-0.2, 0) is 14.8 Å². The molecule has 1 aliphatic heterocycles. The Balaban J connectivity index is 2.43. The van der Waals surface area contributed by atoms with Crippen molar-refractivity contribution in [2.75, 3.05) is 32.6 Å². The standard InChI is InChI=1S/C10H21NO3S/c1-3-8-15(12,13)11-6-4-10(5-7-11)9-14-2/h10H,3-9H2,1-2H3. The van der Waals surface area contributed by atoms with Gasteiger partial charge in [0.25, 0.3) is 0 Å². The molecule has 0 atom stereocenters. The molecule has 0 unspecified atom stereocenters. The number of rotatable bonds is 5. The Labute approximate surface area is 92.7 Å². The first kappa shape index (κ1) is 12.9. The Morgan fingerprint density at radius 2 is 1.93 bits per heavy atom. The highest BCUT2D eigenvalue weighted by atomic mass is 32.2. The van der Waals surface area contributed by atoms with Crippen molar-refractivity contribution in [2.45, 2.75) is 26.2 Å². The first-order valence-corrected chi connectivity index (χ1v) is 7.17. The molecule has 0 aromatic heterocycles. The van der Waals surface area contributed by atoms with E-state index in [2.05, 4.69) is 0 Å². The van der Waals surface area contributed by atoms with Crippen molar-refractivity contribution in [3.63, 3.8) is 0 Å². The van der Waals surface area contributed by atoms with Crippen LogP contribution in [0.1, 0.15) is 26.2 Å². The third-order valence-corrected chi connectivity index (χ3v) is 4.91. The predicted octanol–water partition coefficient (Wildman–Crippen LogP) is 1.08. The zero-order valence-corrected chi connectivity index (χ0v) is 10.4. The van der Waals surface area contributed by atoms with Crippen molar-refractivity contribution in [1.29, 1.82) is 0 Å². The van der Waals surface area contributed by atoms with Crippen LogP contribution in [0.15, 0.2) is 0 Å². The number of sulfonamides is 1. The van der Waals surface area contributed by atoms with Gasteiger partial charge in [-0.3, -0.25) is 0 Å². The molecule has 0 saturated carbocycles. The zero-order valence-electron chi connectivity index (χ0n) is 9.61. The maximum Gasteiger partial charge on any atom is 0.214 e. The van der Waals surface area contributed by atoms with E-state index in [1.807, 2.05) is 6.92 Å². The molecule has 0 aromatic rings. The van der Waals surface area contributed by atoms with E-state index in [0.29, 0.717) is 25.4 Å². The van der Waals surface area contributed by atoms with E-state index in [0.717, 1.165) is 19.4 Å². The maximum absolute atomic E-state index is 11.7. The van der Waals surface area contributed by atoms with Crippen molar-refractivity contribution >= 4 is 10.0 Å². The highest BCUT2D eigenvalue weighted by Gasteiger charge is 2.26. The van der Waals surface area contributed by atoms with Crippen LogP contribution in [0.2, 0.25) is 0 Å². The van der Waals surface area contributed by atoms with E-state index in [1.54, 1.807) is 11.4 Å². The van der Waals surface area contributed by atoms with Crippen LogP contribution < -0.4 is 0 Å². The zero-order chi connectivity index (χ0) is 11.3. The van der Waals surface area contributed by atoms with E-state index in [9.17, 15) is 8.42 Å². The highest BCUT2D eigenvalue weighted by molar-refractivity contribution is 7.89. The summed E-state index contributed by atoms with van der Waals surface area (Å²) in [5, 5.41) is 0. The minimum absolute atomic E-state index is 0.280. The van der Waals surface area contributed by atoms with Gasteiger partial charge in [0, 0.05) is 26.8 Å². The number of hydrogen-bond donors (Lipinski definition) is 0. The summed E-state index contributed by atoms with van der Waals surface area (Å²) in [6, 6.07) is 0. The van der Waals surface area contributed by atoms with Crippen LogP contribution in [0, 0.1) is 5.92 Å². The minimum atomic E-state index is -2.98. The molecule has 0 bridgehead atoms. The molecule has 15 heavy (non-hydrogen) atoms. The fourth-order valence-electron chi connectivity index (χ4n) is 1.98. The van der Waals surface area contributed by atoms with E-state index in [1.165, 1.54) is 0 Å². The summed E-state index contributed by atoms with van der Waals surface area (Å²) in [5.74, 6) is 0.810. The van der Waals surface area contributed by atoms with Gasteiger partial charge in [0.15, 0.2) is 0 Å². The minimum Gasteiger partial charge on any atom is -0.384 e. The van der Waals surface area contributed by atoms with Crippen molar-refractivity contribution in [2.24, 2.45) is 5.92 Å². The fraction of sp³-hybridized carbons (Fsp3) is 1.00. The quantitative estimate of drug-likeness (QED) is 0.716. The molecular formula is C10H21NO3S. The first-order valence-electron chi connectivity index (χ1n) is 5.57. The molecule has 1 rings (SSSR count). The second-order valence-corrected chi connectivity index (χ2v) is 6.20. The fourth-order valence-corrected chi connectivity index (χ4v) is 3.52. The van der Waals surface area contributed by atoms with Gasteiger partial charge < -0.3 is 4.74 Å². The molecule has 1 aliphatic rings. The van der Waals surface area contributed by atoms with Crippen molar-refractivity contribution in [1.82, 2.24) is 4.31 Å². The van der Waals surface area contributed by atoms with Crippen LogP contribution in [0.3, 0.4) is 0 Å². The van der Waals surface area contributed by atoms with Gasteiger partial charge in [-0.1, -0.05) is 6.92 Å². The second-order valence-electron chi connectivity index (χ2n) is 4.11. The van der Waals surface area contributed by atoms with Gasteiger partial charge >= 0.3 is 0 Å².